The molecule has 0 radical (unpaired) electrons. The van der Waals surface area contributed by atoms with Gasteiger partial charge in [0.1, 0.15) is 5.75 Å². The summed E-state index contributed by atoms with van der Waals surface area (Å²) in [4.78, 5) is 0. The van der Waals surface area contributed by atoms with Gasteiger partial charge in [-0.1, -0.05) is 36.4 Å². The molecule has 22 heavy (non-hydrogen) atoms. The highest BCUT2D eigenvalue weighted by Crippen LogP contribution is 2.23. The Hall–Kier alpha value is -1.94. The quantitative estimate of drug-likeness (QED) is 0.810. The van der Waals surface area contributed by atoms with Crippen LogP contribution in [0.15, 0.2) is 48.5 Å². The molecule has 2 aromatic carbocycles. The van der Waals surface area contributed by atoms with Crippen molar-refractivity contribution in [3.05, 3.63) is 65.2 Å². The van der Waals surface area contributed by atoms with Crippen LogP contribution in [-0.2, 0) is 0 Å². The molecular formula is C18H21F2NO. The van der Waals surface area contributed by atoms with E-state index in [0.29, 0.717) is 0 Å². The Balaban J connectivity index is 2.02. The Morgan fingerprint density at radius 2 is 1.55 bits per heavy atom. The fourth-order valence-electron chi connectivity index (χ4n) is 2.57. The third-order valence-corrected chi connectivity index (χ3v) is 3.76. The lowest BCUT2D eigenvalue weighted by Gasteiger charge is -2.22. The Morgan fingerprint density at radius 3 is 2.14 bits per heavy atom. The predicted octanol–water partition coefficient (Wildman–Crippen LogP) is 5.01. The Labute approximate surface area is 130 Å². The number of hydrogen-bond acceptors (Lipinski definition) is 2. The Morgan fingerprint density at radius 1 is 0.909 bits per heavy atom. The zero-order valence-electron chi connectivity index (χ0n) is 13.0. The average Bonchev–Trinajstić information content (AvgIpc) is 2.47. The van der Waals surface area contributed by atoms with Gasteiger partial charge < -0.3 is 10.1 Å². The van der Waals surface area contributed by atoms with Gasteiger partial charge in [0, 0.05) is 12.1 Å². The van der Waals surface area contributed by atoms with E-state index >= 15 is 0 Å². The fourth-order valence-corrected chi connectivity index (χ4v) is 2.57. The van der Waals surface area contributed by atoms with Crippen molar-refractivity contribution in [2.75, 3.05) is 0 Å². The zero-order chi connectivity index (χ0) is 16.1. The molecular weight excluding hydrogens is 284 g/mol. The van der Waals surface area contributed by atoms with Gasteiger partial charge in [-0.3, -0.25) is 0 Å². The summed E-state index contributed by atoms with van der Waals surface area (Å²) >= 11 is 0. The lowest BCUT2D eigenvalue weighted by atomic mass is 10.0. The Kier molecular flexibility index (Phi) is 5.50. The van der Waals surface area contributed by atoms with Crippen molar-refractivity contribution in [2.45, 2.75) is 39.5 Å². The van der Waals surface area contributed by atoms with Crippen LogP contribution >= 0.6 is 0 Å². The number of nitrogens with one attached hydrogen (secondary N) is 1. The van der Waals surface area contributed by atoms with Gasteiger partial charge in [-0.05, 0) is 49.6 Å². The van der Waals surface area contributed by atoms with Crippen LogP contribution in [0.2, 0.25) is 0 Å². The van der Waals surface area contributed by atoms with Gasteiger partial charge in [-0.25, -0.2) is 0 Å². The van der Waals surface area contributed by atoms with Crippen molar-refractivity contribution in [1.29, 1.82) is 0 Å². The lowest BCUT2D eigenvalue weighted by molar-refractivity contribution is -0.0498. The van der Waals surface area contributed by atoms with E-state index in [4.69, 9.17) is 0 Å². The van der Waals surface area contributed by atoms with Crippen LogP contribution in [0.4, 0.5) is 8.78 Å². The van der Waals surface area contributed by atoms with E-state index in [1.165, 1.54) is 11.1 Å². The molecule has 0 aliphatic carbocycles. The van der Waals surface area contributed by atoms with Crippen LogP contribution in [0.1, 0.15) is 42.6 Å². The van der Waals surface area contributed by atoms with E-state index in [2.05, 4.69) is 43.0 Å². The maximum absolute atomic E-state index is 12.1. The molecule has 0 aromatic heterocycles. The van der Waals surface area contributed by atoms with Crippen molar-refractivity contribution in [3.63, 3.8) is 0 Å². The number of ether oxygens (including phenoxy) is 1. The van der Waals surface area contributed by atoms with Gasteiger partial charge in [-0.2, -0.15) is 8.78 Å². The first-order chi connectivity index (χ1) is 10.5. The lowest BCUT2D eigenvalue weighted by Crippen LogP contribution is -2.23. The predicted molar refractivity (Wildman–Crippen MR) is 84.2 cm³/mol. The molecule has 0 bridgehead atoms. The molecule has 0 saturated carbocycles. The molecule has 1 N–H and O–H groups in total. The van der Waals surface area contributed by atoms with Gasteiger partial charge >= 0.3 is 6.61 Å². The highest BCUT2D eigenvalue weighted by atomic mass is 19.3. The molecule has 0 spiro atoms. The summed E-state index contributed by atoms with van der Waals surface area (Å²) in [6, 6.07) is 15.3. The summed E-state index contributed by atoms with van der Waals surface area (Å²) in [5.41, 5.74) is 3.53. The van der Waals surface area contributed by atoms with Gasteiger partial charge in [-0.15, -0.1) is 0 Å². The summed E-state index contributed by atoms with van der Waals surface area (Å²) in [5.74, 6) is 0.179. The minimum Gasteiger partial charge on any atom is -0.435 e. The molecule has 0 fully saturated rings. The second kappa shape index (κ2) is 7.36. The van der Waals surface area contributed by atoms with E-state index in [9.17, 15) is 8.78 Å². The third kappa shape index (κ3) is 4.28. The first-order valence-corrected chi connectivity index (χ1v) is 7.33. The van der Waals surface area contributed by atoms with E-state index in [0.717, 1.165) is 5.56 Å². The normalized spacial score (nSPS) is 13.9. The summed E-state index contributed by atoms with van der Waals surface area (Å²) in [7, 11) is 0. The van der Waals surface area contributed by atoms with Crippen molar-refractivity contribution in [3.8, 4) is 5.75 Å². The molecule has 0 aliphatic heterocycles. The number of benzene rings is 2. The Bertz CT molecular complexity index is 598. The van der Waals surface area contributed by atoms with Crippen molar-refractivity contribution < 1.29 is 13.5 Å². The van der Waals surface area contributed by atoms with Crippen LogP contribution in [-0.4, -0.2) is 6.61 Å². The average molecular weight is 305 g/mol. The fraction of sp³-hybridized carbons (Fsp3) is 0.333. The minimum absolute atomic E-state index is 0.107. The third-order valence-electron chi connectivity index (χ3n) is 3.76. The molecule has 2 rings (SSSR count). The van der Waals surface area contributed by atoms with Gasteiger partial charge in [0.2, 0.25) is 0 Å². The van der Waals surface area contributed by atoms with Crippen molar-refractivity contribution in [1.82, 2.24) is 5.32 Å². The van der Waals surface area contributed by atoms with Gasteiger partial charge in [0.25, 0.3) is 0 Å². The molecule has 0 heterocycles. The molecule has 2 nitrogen and oxygen atoms in total. The molecule has 0 saturated heterocycles. The first-order valence-electron chi connectivity index (χ1n) is 7.33. The van der Waals surface area contributed by atoms with Crippen LogP contribution in [0.25, 0.3) is 0 Å². The minimum atomic E-state index is -2.79. The van der Waals surface area contributed by atoms with E-state index in [-0.39, 0.29) is 17.8 Å². The van der Waals surface area contributed by atoms with Crippen LogP contribution in [0.3, 0.4) is 0 Å². The number of alkyl halides is 2. The molecule has 4 heteroatoms. The summed E-state index contributed by atoms with van der Waals surface area (Å²) in [5, 5.41) is 3.52. The van der Waals surface area contributed by atoms with Gasteiger partial charge in [0.05, 0.1) is 0 Å². The molecule has 2 aromatic rings. The monoisotopic (exact) mass is 305 g/mol. The molecule has 0 aliphatic rings. The highest BCUT2D eigenvalue weighted by molar-refractivity contribution is 5.31. The highest BCUT2D eigenvalue weighted by Gasteiger charge is 2.13. The van der Waals surface area contributed by atoms with E-state index in [1.54, 1.807) is 24.3 Å². The molecule has 0 amide bonds. The zero-order valence-corrected chi connectivity index (χ0v) is 13.0. The number of hydrogen-bond donors (Lipinski definition) is 1. The van der Waals surface area contributed by atoms with Crippen LogP contribution < -0.4 is 10.1 Å². The largest absolute Gasteiger partial charge is 0.435 e. The van der Waals surface area contributed by atoms with E-state index < -0.39 is 6.61 Å². The van der Waals surface area contributed by atoms with Crippen LogP contribution in [0.5, 0.6) is 5.75 Å². The molecule has 118 valence electrons. The second-order valence-electron chi connectivity index (χ2n) is 5.41. The number of halogens is 2. The number of aryl methyl sites for hydroxylation is 1. The SMILES string of the molecule is Cc1ccccc1C(C)NC(C)c1ccc(OC(F)F)cc1. The second-order valence-corrected chi connectivity index (χ2v) is 5.41. The number of rotatable bonds is 6. The smallest absolute Gasteiger partial charge is 0.387 e. The van der Waals surface area contributed by atoms with Crippen LogP contribution in [0, 0.1) is 6.92 Å². The molecule has 2 unspecified atom stereocenters. The maximum Gasteiger partial charge on any atom is 0.387 e. The molecule has 2 atom stereocenters. The standard InChI is InChI=1S/C18H21F2NO/c1-12-6-4-5-7-17(12)14(3)21-13(2)15-8-10-16(11-9-15)22-18(19)20/h4-11,13-14,18,21H,1-3H3. The van der Waals surface area contributed by atoms with Crippen molar-refractivity contribution in [2.24, 2.45) is 0 Å². The van der Waals surface area contributed by atoms with Crippen molar-refractivity contribution >= 4 is 0 Å². The van der Waals surface area contributed by atoms with E-state index in [1.807, 2.05) is 12.1 Å². The summed E-state index contributed by atoms with van der Waals surface area (Å²) in [6.07, 6.45) is 0. The first kappa shape index (κ1) is 16.4. The maximum atomic E-state index is 12.1. The summed E-state index contributed by atoms with van der Waals surface area (Å²) in [6.45, 7) is 3.47. The summed E-state index contributed by atoms with van der Waals surface area (Å²) < 4.78 is 28.6. The topological polar surface area (TPSA) is 21.3 Å². The van der Waals surface area contributed by atoms with Gasteiger partial charge in [0.15, 0.2) is 0 Å².